The van der Waals surface area contributed by atoms with E-state index in [9.17, 15) is 15.0 Å². The highest BCUT2D eigenvalue weighted by Crippen LogP contribution is 2.54. The van der Waals surface area contributed by atoms with Gasteiger partial charge in [0.25, 0.3) is 0 Å². The SMILES string of the molecule is CC1(C)CCC(C2(C(=O)O)CC(O)C2)CC1. The average Bonchev–Trinajstić information content (AvgIpc) is 2.12. The lowest BCUT2D eigenvalue weighted by atomic mass is 9.54. The van der Waals surface area contributed by atoms with Crippen molar-refractivity contribution in [3.63, 3.8) is 0 Å². The molecule has 0 heterocycles. The summed E-state index contributed by atoms with van der Waals surface area (Å²) in [5.41, 5.74) is -0.228. The molecule has 0 aliphatic heterocycles. The number of aliphatic hydroxyl groups excluding tert-OH is 1. The Morgan fingerprint density at radius 2 is 1.69 bits per heavy atom. The van der Waals surface area contributed by atoms with E-state index in [1.54, 1.807) is 0 Å². The Balaban J connectivity index is 2.04. The molecule has 2 aliphatic carbocycles. The molecule has 0 unspecified atom stereocenters. The maximum atomic E-state index is 11.4. The van der Waals surface area contributed by atoms with E-state index < -0.39 is 11.4 Å². The van der Waals surface area contributed by atoms with Crippen molar-refractivity contribution >= 4 is 5.97 Å². The molecule has 0 atom stereocenters. The second kappa shape index (κ2) is 3.73. The van der Waals surface area contributed by atoms with Crippen LogP contribution in [0.15, 0.2) is 0 Å². The first-order valence-corrected chi connectivity index (χ1v) is 6.27. The smallest absolute Gasteiger partial charge is 0.310 e. The fourth-order valence-electron chi connectivity index (χ4n) is 3.42. The molecule has 0 aromatic heterocycles. The lowest BCUT2D eigenvalue weighted by molar-refractivity contribution is -0.174. The van der Waals surface area contributed by atoms with Crippen LogP contribution < -0.4 is 0 Å². The van der Waals surface area contributed by atoms with Crippen LogP contribution in [0.2, 0.25) is 0 Å². The molecule has 92 valence electrons. The van der Waals surface area contributed by atoms with Crippen LogP contribution in [0.4, 0.5) is 0 Å². The summed E-state index contributed by atoms with van der Waals surface area (Å²) in [6.07, 6.45) is 4.79. The van der Waals surface area contributed by atoms with Crippen molar-refractivity contribution in [1.82, 2.24) is 0 Å². The molecule has 0 radical (unpaired) electrons. The van der Waals surface area contributed by atoms with Gasteiger partial charge in [0.15, 0.2) is 0 Å². The summed E-state index contributed by atoms with van der Waals surface area (Å²) < 4.78 is 0. The van der Waals surface area contributed by atoms with Gasteiger partial charge in [-0.25, -0.2) is 0 Å². The van der Waals surface area contributed by atoms with E-state index >= 15 is 0 Å². The van der Waals surface area contributed by atoms with Gasteiger partial charge in [-0.1, -0.05) is 13.8 Å². The monoisotopic (exact) mass is 226 g/mol. The summed E-state index contributed by atoms with van der Waals surface area (Å²) in [7, 11) is 0. The average molecular weight is 226 g/mol. The highest BCUT2D eigenvalue weighted by atomic mass is 16.4. The van der Waals surface area contributed by atoms with E-state index in [0.717, 1.165) is 25.7 Å². The standard InChI is InChI=1S/C13H22O3/c1-12(2)5-3-9(4-6-12)13(11(15)16)7-10(14)8-13/h9-10,14H,3-8H2,1-2H3,(H,15,16). The van der Waals surface area contributed by atoms with Crippen LogP contribution in [0.25, 0.3) is 0 Å². The van der Waals surface area contributed by atoms with Gasteiger partial charge in [0.1, 0.15) is 0 Å². The molecule has 3 nitrogen and oxygen atoms in total. The minimum absolute atomic E-state index is 0.279. The zero-order valence-electron chi connectivity index (χ0n) is 10.2. The van der Waals surface area contributed by atoms with Crippen LogP contribution in [0.3, 0.4) is 0 Å². The third-order valence-electron chi connectivity index (χ3n) is 4.75. The molecule has 2 N–H and O–H groups in total. The summed E-state index contributed by atoms with van der Waals surface area (Å²) in [6, 6.07) is 0. The minimum atomic E-state index is -0.692. The molecule has 2 saturated carbocycles. The summed E-state index contributed by atoms with van der Waals surface area (Å²) >= 11 is 0. The van der Waals surface area contributed by atoms with Gasteiger partial charge in [-0.3, -0.25) is 4.79 Å². The summed E-state index contributed by atoms with van der Waals surface area (Å²) in [4.78, 5) is 11.4. The molecule has 0 spiro atoms. The molecular formula is C13H22O3. The van der Waals surface area contributed by atoms with Crippen molar-refractivity contribution in [2.75, 3.05) is 0 Å². The Kier molecular flexibility index (Phi) is 2.77. The van der Waals surface area contributed by atoms with E-state index in [4.69, 9.17) is 0 Å². The van der Waals surface area contributed by atoms with Crippen LogP contribution in [0.5, 0.6) is 0 Å². The second-order valence-electron chi connectivity index (χ2n) is 6.46. The van der Waals surface area contributed by atoms with E-state index in [2.05, 4.69) is 13.8 Å². The van der Waals surface area contributed by atoms with Crippen molar-refractivity contribution in [3.8, 4) is 0 Å². The van der Waals surface area contributed by atoms with Crippen LogP contribution in [0, 0.1) is 16.7 Å². The fourth-order valence-corrected chi connectivity index (χ4v) is 3.42. The second-order valence-corrected chi connectivity index (χ2v) is 6.46. The van der Waals surface area contributed by atoms with Gasteiger partial charge in [0.2, 0.25) is 0 Å². The molecule has 0 bridgehead atoms. The van der Waals surface area contributed by atoms with Crippen molar-refractivity contribution < 1.29 is 15.0 Å². The Bertz CT molecular complexity index is 280. The van der Waals surface area contributed by atoms with Gasteiger partial charge >= 0.3 is 5.97 Å². The number of carboxylic acid groups (broad SMARTS) is 1. The number of carbonyl (C=O) groups is 1. The predicted octanol–water partition coefficient (Wildman–Crippen LogP) is 2.43. The Morgan fingerprint density at radius 3 is 2.06 bits per heavy atom. The fraction of sp³-hybridized carbons (Fsp3) is 0.923. The number of hydrogen-bond acceptors (Lipinski definition) is 2. The van der Waals surface area contributed by atoms with Gasteiger partial charge in [0, 0.05) is 0 Å². The minimum Gasteiger partial charge on any atom is -0.481 e. The zero-order chi connectivity index (χ0) is 12.0. The maximum Gasteiger partial charge on any atom is 0.310 e. The van der Waals surface area contributed by atoms with Crippen molar-refractivity contribution in [2.24, 2.45) is 16.7 Å². The summed E-state index contributed by atoms with van der Waals surface area (Å²) in [5, 5.41) is 18.8. The molecule has 16 heavy (non-hydrogen) atoms. The Labute approximate surface area is 96.9 Å². The third-order valence-corrected chi connectivity index (χ3v) is 4.75. The summed E-state index contributed by atoms with van der Waals surface area (Å²) in [6.45, 7) is 4.51. The highest BCUT2D eigenvalue weighted by Gasteiger charge is 2.55. The largest absolute Gasteiger partial charge is 0.481 e. The van der Waals surface area contributed by atoms with Gasteiger partial charge < -0.3 is 10.2 Å². The van der Waals surface area contributed by atoms with Crippen molar-refractivity contribution in [1.29, 1.82) is 0 Å². The molecule has 2 rings (SSSR count). The number of rotatable bonds is 2. The maximum absolute atomic E-state index is 11.4. The van der Waals surface area contributed by atoms with Crippen LogP contribution in [-0.4, -0.2) is 22.3 Å². The molecule has 0 saturated heterocycles. The number of aliphatic hydroxyl groups is 1. The van der Waals surface area contributed by atoms with Crippen molar-refractivity contribution in [2.45, 2.75) is 58.5 Å². The summed E-state index contributed by atoms with van der Waals surface area (Å²) in [5.74, 6) is -0.413. The van der Waals surface area contributed by atoms with Gasteiger partial charge in [-0.15, -0.1) is 0 Å². The van der Waals surface area contributed by atoms with Gasteiger partial charge in [-0.05, 0) is 49.9 Å². The number of carboxylic acids is 1. The number of aliphatic carboxylic acids is 1. The lowest BCUT2D eigenvalue weighted by Gasteiger charge is -2.50. The van der Waals surface area contributed by atoms with E-state index in [0.29, 0.717) is 18.3 Å². The first-order chi connectivity index (χ1) is 7.36. The first-order valence-electron chi connectivity index (χ1n) is 6.27. The molecule has 0 aromatic carbocycles. The van der Waals surface area contributed by atoms with Crippen LogP contribution in [0.1, 0.15) is 52.4 Å². The Morgan fingerprint density at radius 1 is 1.19 bits per heavy atom. The normalized spacial score (nSPS) is 39.1. The molecule has 0 amide bonds. The zero-order valence-corrected chi connectivity index (χ0v) is 10.2. The first kappa shape index (κ1) is 11.9. The van der Waals surface area contributed by atoms with E-state index in [-0.39, 0.29) is 12.0 Å². The molecular weight excluding hydrogens is 204 g/mol. The highest BCUT2D eigenvalue weighted by molar-refractivity contribution is 5.76. The molecule has 2 aliphatic rings. The molecule has 3 heteroatoms. The number of hydrogen-bond donors (Lipinski definition) is 2. The molecule has 0 aromatic rings. The van der Waals surface area contributed by atoms with E-state index in [1.165, 1.54) is 0 Å². The quantitative estimate of drug-likeness (QED) is 0.760. The predicted molar refractivity (Wildman–Crippen MR) is 61.0 cm³/mol. The lowest BCUT2D eigenvalue weighted by Crippen LogP contribution is -2.52. The molecule has 2 fully saturated rings. The van der Waals surface area contributed by atoms with Crippen LogP contribution >= 0.6 is 0 Å². The van der Waals surface area contributed by atoms with Gasteiger partial charge in [0.05, 0.1) is 11.5 Å². The Hall–Kier alpha value is -0.570. The van der Waals surface area contributed by atoms with Crippen LogP contribution in [-0.2, 0) is 4.79 Å². The topological polar surface area (TPSA) is 57.5 Å². The van der Waals surface area contributed by atoms with Gasteiger partial charge in [-0.2, -0.15) is 0 Å². The van der Waals surface area contributed by atoms with Crippen molar-refractivity contribution in [3.05, 3.63) is 0 Å². The van der Waals surface area contributed by atoms with E-state index in [1.807, 2.05) is 0 Å². The third kappa shape index (κ3) is 1.86.